The van der Waals surface area contributed by atoms with E-state index in [1.165, 1.54) is 31.0 Å². The third-order valence-corrected chi connectivity index (χ3v) is 3.75. The molecule has 1 atom stereocenters. The lowest BCUT2D eigenvalue weighted by Gasteiger charge is -2.16. The van der Waals surface area contributed by atoms with Gasteiger partial charge in [0.15, 0.2) is 0 Å². The summed E-state index contributed by atoms with van der Waals surface area (Å²) < 4.78 is 13.7. The van der Waals surface area contributed by atoms with Crippen LogP contribution in [0.15, 0.2) is 18.2 Å². The number of aromatic carboxylic acids is 1. The number of halogens is 1. The molecule has 1 N–H and O–H groups in total. The SMILES string of the molecule is CCCC1CCN(Cc2cc(C(=O)O)ccc2F)C1. The number of carboxylic acids is 1. The molecule has 1 saturated heterocycles. The van der Waals surface area contributed by atoms with Gasteiger partial charge in [-0.1, -0.05) is 13.3 Å². The number of benzene rings is 1. The molecule has 19 heavy (non-hydrogen) atoms. The van der Waals surface area contributed by atoms with Crippen molar-refractivity contribution in [3.63, 3.8) is 0 Å². The largest absolute Gasteiger partial charge is 0.478 e. The van der Waals surface area contributed by atoms with Crippen LogP contribution in [0.5, 0.6) is 0 Å². The van der Waals surface area contributed by atoms with Crippen molar-refractivity contribution >= 4 is 5.97 Å². The smallest absolute Gasteiger partial charge is 0.335 e. The van der Waals surface area contributed by atoms with Crippen LogP contribution >= 0.6 is 0 Å². The lowest BCUT2D eigenvalue weighted by atomic mass is 10.0. The van der Waals surface area contributed by atoms with Crippen LogP contribution in [-0.2, 0) is 6.54 Å². The molecule has 0 bridgehead atoms. The molecular weight excluding hydrogens is 245 g/mol. The van der Waals surface area contributed by atoms with Gasteiger partial charge in [-0.25, -0.2) is 9.18 Å². The molecule has 1 aromatic rings. The minimum Gasteiger partial charge on any atom is -0.478 e. The summed E-state index contributed by atoms with van der Waals surface area (Å²) in [5.74, 6) is -0.619. The first kappa shape index (κ1) is 14.0. The molecule has 1 aromatic carbocycles. The minimum atomic E-state index is -1.01. The summed E-state index contributed by atoms with van der Waals surface area (Å²) in [6.45, 7) is 4.65. The van der Waals surface area contributed by atoms with Gasteiger partial charge in [0, 0.05) is 18.7 Å². The zero-order valence-corrected chi connectivity index (χ0v) is 11.2. The lowest BCUT2D eigenvalue weighted by Crippen LogP contribution is -2.21. The molecule has 1 unspecified atom stereocenters. The highest BCUT2D eigenvalue weighted by Gasteiger charge is 2.22. The van der Waals surface area contributed by atoms with E-state index >= 15 is 0 Å². The lowest BCUT2D eigenvalue weighted by molar-refractivity contribution is 0.0696. The van der Waals surface area contributed by atoms with Crippen molar-refractivity contribution in [2.24, 2.45) is 5.92 Å². The Kier molecular flexibility index (Phi) is 4.53. The number of carbonyl (C=O) groups is 1. The molecule has 0 saturated carbocycles. The Hall–Kier alpha value is -1.42. The Morgan fingerprint density at radius 2 is 2.32 bits per heavy atom. The molecule has 0 aromatic heterocycles. The van der Waals surface area contributed by atoms with Crippen molar-refractivity contribution in [3.05, 3.63) is 35.1 Å². The van der Waals surface area contributed by atoms with Crippen LogP contribution in [-0.4, -0.2) is 29.1 Å². The van der Waals surface area contributed by atoms with Gasteiger partial charge in [-0.2, -0.15) is 0 Å². The average Bonchev–Trinajstić information content (AvgIpc) is 2.80. The number of likely N-dealkylation sites (tertiary alicyclic amines) is 1. The first-order valence-electron chi connectivity index (χ1n) is 6.84. The van der Waals surface area contributed by atoms with Crippen molar-refractivity contribution < 1.29 is 14.3 Å². The van der Waals surface area contributed by atoms with Gasteiger partial charge in [0.2, 0.25) is 0 Å². The maximum absolute atomic E-state index is 13.7. The van der Waals surface area contributed by atoms with E-state index in [0.29, 0.717) is 18.0 Å². The van der Waals surface area contributed by atoms with Gasteiger partial charge in [-0.15, -0.1) is 0 Å². The quantitative estimate of drug-likeness (QED) is 0.889. The van der Waals surface area contributed by atoms with Crippen LogP contribution < -0.4 is 0 Å². The molecule has 1 heterocycles. The van der Waals surface area contributed by atoms with E-state index in [1.807, 2.05) is 0 Å². The Morgan fingerprint density at radius 1 is 1.53 bits per heavy atom. The highest BCUT2D eigenvalue weighted by Crippen LogP contribution is 2.23. The molecule has 1 fully saturated rings. The Balaban J connectivity index is 2.03. The second-order valence-corrected chi connectivity index (χ2v) is 5.29. The summed E-state index contributed by atoms with van der Waals surface area (Å²) in [7, 11) is 0. The summed E-state index contributed by atoms with van der Waals surface area (Å²) in [5.41, 5.74) is 0.637. The van der Waals surface area contributed by atoms with Crippen LogP contribution in [0.4, 0.5) is 4.39 Å². The first-order valence-corrected chi connectivity index (χ1v) is 6.84. The third kappa shape index (κ3) is 3.53. The molecule has 0 aliphatic carbocycles. The standard InChI is InChI=1S/C15H20FNO2/c1-2-3-11-6-7-17(9-11)10-13-8-12(15(18)19)4-5-14(13)16/h4-5,8,11H,2-3,6-7,9-10H2,1H3,(H,18,19). The van der Waals surface area contributed by atoms with Crippen LogP contribution in [0.1, 0.15) is 42.1 Å². The second-order valence-electron chi connectivity index (χ2n) is 5.29. The van der Waals surface area contributed by atoms with E-state index < -0.39 is 5.97 Å². The monoisotopic (exact) mass is 265 g/mol. The topological polar surface area (TPSA) is 40.5 Å². The van der Waals surface area contributed by atoms with E-state index in [9.17, 15) is 9.18 Å². The fourth-order valence-electron chi connectivity index (χ4n) is 2.77. The Labute approximate surface area is 113 Å². The zero-order valence-electron chi connectivity index (χ0n) is 11.2. The predicted octanol–water partition coefficient (Wildman–Crippen LogP) is 3.15. The molecule has 0 amide bonds. The van der Waals surface area contributed by atoms with Crippen molar-refractivity contribution in [1.29, 1.82) is 0 Å². The molecule has 0 spiro atoms. The van der Waals surface area contributed by atoms with Crippen LogP contribution in [0, 0.1) is 11.7 Å². The minimum absolute atomic E-state index is 0.153. The molecule has 3 nitrogen and oxygen atoms in total. The predicted molar refractivity (Wildman–Crippen MR) is 71.7 cm³/mol. The molecule has 1 aliphatic heterocycles. The Morgan fingerprint density at radius 3 is 3.00 bits per heavy atom. The highest BCUT2D eigenvalue weighted by atomic mass is 19.1. The van der Waals surface area contributed by atoms with Crippen LogP contribution in [0.25, 0.3) is 0 Å². The first-order chi connectivity index (χ1) is 9.10. The van der Waals surface area contributed by atoms with E-state index in [4.69, 9.17) is 5.11 Å². The van der Waals surface area contributed by atoms with Crippen LogP contribution in [0.2, 0.25) is 0 Å². The Bertz CT molecular complexity index is 461. The fourth-order valence-corrected chi connectivity index (χ4v) is 2.77. The van der Waals surface area contributed by atoms with Gasteiger partial charge < -0.3 is 5.11 Å². The summed E-state index contributed by atoms with van der Waals surface area (Å²) in [6.07, 6.45) is 3.56. The molecule has 104 valence electrons. The molecular formula is C15H20FNO2. The number of hydrogen-bond acceptors (Lipinski definition) is 2. The van der Waals surface area contributed by atoms with Gasteiger partial charge in [-0.05, 0) is 43.5 Å². The maximum atomic E-state index is 13.7. The maximum Gasteiger partial charge on any atom is 0.335 e. The number of rotatable bonds is 5. The number of nitrogens with zero attached hydrogens (tertiary/aromatic N) is 1. The summed E-state index contributed by atoms with van der Waals surface area (Å²) in [4.78, 5) is 13.1. The van der Waals surface area contributed by atoms with E-state index in [0.717, 1.165) is 19.5 Å². The summed E-state index contributed by atoms with van der Waals surface area (Å²) >= 11 is 0. The van der Waals surface area contributed by atoms with Crippen molar-refractivity contribution in [1.82, 2.24) is 4.90 Å². The zero-order chi connectivity index (χ0) is 13.8. The van der Waals surface area contributed by atoms with Crippen molar-refractivity contribution in [2.75, 3.05) is 13.1 Å². The highest BCUT2D eigenvalue weighted by molar-refractivity contribution is 5.87. The van der Waals surface area contributed by atoms with Crippen LogP contribution in [0.3, 0.4) is 0 Å². The van der Waals surface area contributed by atoms with Crippen molar-refractivity contribution in [2.45, 2.75) is 32.7 Å². The van der Waals surface area contributed by atoms with Gasteiger partial charge in [0.25, 0.3) is 0 Å². The van der Waals surface area contributed by atoms with Gasteiger partial charge in [0.1, 0.15) is 5.82 Å². The van der Waals surface area contributed by atoms with Gasteiger partial charge in [0.05, 0.1) is 5.56 Å². The number of hydrogen-bond donors (Lipinski definition) is 1. The fraction of sp³-hybridized carbons (Fsp3) is 0.533. The second kappa shape index (κ2) is 6.15. The van der Waals surface area contributed by atoms with E-state index in [-0.39, 0.29) is 11.4 Å². The summed E-state index contributed by atoms with van der Waals surface area (Å²) in [6, 6.07) is 4.01. The average molecular weight is 265 g/mol. The molecule has 2 rings (SSSR count). The van der Waals surface area contributed by atoms with Crippen molar-refractivity contribution in [3.8, 4) is 0 Å². The number of carboxylic acid groups (broad SMARTS) is 1. The third-order valence-electron chi connectivity index (χ3n) is 3.75. The molecule has 0 radical (unpaired) electrons. The molecule has 1 aliphatic rings. The van der Waals surface area contributed by atoms with Gasteiger partial charge in [-0.3, -0.25) is 4.90 Å². The van der Waals surface area contributed by atoms with E-state index in [2.05, 4.69) is 11.8 Å². The molecule has 4 heteroatoms. The van der Waals surface area contributed by atoms with E-state index in [1.54, 1.807) is 0 Å². The normalized spacial score (nSPS) is 19.8. The summed E-state index contributed by atoms with van der Waals surface area (Å²) in [5, 5.41) is 8.94. The van der Waals surface area contributed by atoms with Gasteiger partial charge >= 0.3 is 5.97 Å².